The first-order valence-corrected chi connectivity index (χ1v) is 6.12. The Morgan fingerprint density at radius 1 is 1.43 bits per heavy atom. The van der Waals surface area contributed by atoms with Crippen LogP contribution in [0.5, 0.6) is 0 Å². The largest absolute Gasteiger partial charge is 0.467 e. The monoisotopic (exact) mass is 296 g/mol. The molecule has 0 bridgehead atoms. The number of esters is 1. The number of nitrogens with zero attached hydrogens (tertiary/aromatic N) is 1. The average molecular weight is 296 g/mol. The van der Waals surface area contributed by atoms with E-state index in [4.69, 9.17) is 5.26 Å². The van der Waals surface area contributed by atoms with Crippen LogP contribution >= 0.6 is 0 Å². The Morgan fingerprint density at radius 3 is 2.67 bits per heavy atom. The molecule has 0 aliphatic heterocycles. The third-order valence-electron chi connectivity index (χ3n) is 2.92. The lowest BCUT2D eigenvalue weighted by Crippen LogP contribution is -2.46. The van der Waals surface area contributed by atoms with Crippen molar-refractivity contribution in [2.45, 2.75) is 19.4 Å². The zero-order valence-electron chi connectivity index (χ0n) is 11.5. The van der Waals surface area contributed by atoms with Crippen LogP contribution in [0.4, 0.5) is 8.78 Å². The molecule has 2 atom stereocenters. The molecule has 0 spiro atoms. The number of carbonyl (C=O) groups excluding carboxylic acids is 2. The van der Waals surface area contributed by atoms with E-state index in [0.29, 0.717) is 0 Å². The molecule has 1 aromatic carbocycles. The smallest absolute Gasteiger partial charge is 0.328 e. The lowest BCUT2D eigenvalue weighted by molar-refractivity contribution is -0.144. The summed E-state index contributed by atoms with van der Waals surface area (Å²) in [7, 11) is 1.13. The summed E-state index contributed by atoms with van der Waals surface area (Å²) in [6.07, 6.45) is -0.00825. The van der Waals surface area contributed by atoms with Gasteiger partial charge in [0, 0.05) is 12.3 Å². The Morgan fingerprint density at radius 2 is 2.10 bits per heavy atom. The molecule has 1 amide bonds. The van der Waals surface area contributed by atoms with E-state index in [9.17, 15) is 18.4 Å². The molecule has 0 saturated carbocycles. The molecule has 1 rings (SSSR count). The summed E-state index contributed by atoms with van der Waals surface area (Å²) in [5.41, 5.74) is -0.520. The number of nitriles is 1. The average Bonchev–Trinajstić information content (AvgIpc) is 2.46. The molecule has 112 valence electrons. The van der Waals surface area contributed by atoms with Gasteiger partial charge in [0.05, 0.1) is 18.7 Å². The van der Waals surface area contributed by atoms with E-state index in [0.717, 1.165) is 19.2 Å². The lowest BCUT2D eigenvalue weighted by atomic mass is 9.98. The van der Waals surface area contributed by atoms with Crippen molar-refractivity contribution in [2.24, 2.45) is 5.92 Å². The van der Waals surface area contributed by atoms with Crippen molar-refractivity contribution in [1.29, 1.82) is 5.26 Å². The van der Waals surface area contributed by atoms with Crippen molar-refractivity contribution in [2.75, 3.05) is 7.11 Å². The molecule has 21 heavy (non-hydrogen) atoms. The number of hydrogen-bond acceptors (Lipinski definition) is 4. The van der Waals surface area contributed by atoms with Gasteiger partial charge in [0.15, 0.2) is 11.6 Å². The zero-order valence-corrected chi connectivity index (χ0v) is 11.5. The number of halogens is 2. The van der Waals surface area contributed by atoms with Gasteiger partial charge in [-0.2, -0.15) is 5.26 Å². The van der Waals surface area contributed by atoms with Crippen LogP contribution in [0.3, 0.4) is 0 Å². The third kappa shape index (κ3) is 3.99. The summed E-state index contributed by atoms with van der Waals surface area (Å²) in [5, 5.41) is 10.9. The number of ether oxygens (including phenoxy) is 1. The molecule has 5 nitrogen and oxygen atoms in total. The molecule has 0 heterocycles. The number of benzene rings is 1. The number of hydrogen-bond donors (Lipinski definition) is 1. The fourth-order valence-electron chi connectivity index (χ4n) is 1.72. The number of nitrogens with one attached hydrogen (secondary N) is 1. The SMILES string of the molecule is COC(=O)[C@@H](NC(=O)c1cccc(F)c1F)[C@@H](C)CC#N. The van der Waals surface area contributed by atoms with Crippen LogP contribution in [0.2, 0.25) is 0 Å². The highest BCUT2D eigenvalue weighted by molar-refractivity contribution is 5.97. The maximum atomic E-state index is 13.5. The maximum Gasteiger partial charge on any atom is 0.328 e. The van der Waals surface area contributed by atoms with E-state index in [1.165, 1.54) is 6.07 Å². The van der Waals surface area contributed by atoms with Gasteiger partial charge in [-0.15, -0.1) is 0 Å². The Kier molecular flexibility index (Phi) is 5.79. The highest BCUT2D eigenvalue weighted by Gasteiger charge is 2.29. The molecule has 1 N–H and O–H groups in total. The Bertz CT molecular complexity index is 584. The first-order valence-electron chi connectivity index (χ1n) is 6.12. The van der Waals surface area contributed by atoms with Gasteiger partial charge in [0.25, 0.3) is 5.91 Å². The summed E-state index contributed by atoms with van der Waals surface area (Å²) in [4.78, 5) is 23.6. The molecule has 0 radical (unpaired) electrons. The van der Waals surface area contributed by atoms with Gasteiger partial charge in [-0.3, -0.25) is 4.79 Å². The standard InChI is InChI=1S/C14H14F2N2O3/c1-8(6-7-17)12(14(20)21-2)18-13(19)9-4-3-5-10(15)11(9)16/h3-5,8,12H,6H2,1-2H3,(H,18,19)/t8-,12-/m0/s1. The summed E-state index contributed by atoms with van der Waals surface area (Å²) >= 11 is 0. The third-order valence-corrected chi connectivity index (χ3v) is 2.92. The minimum atomic E-state index is -1.30. The van der Waals surface area contributed by atoms with Gasteiger partial charge >= 0.3 is 5.97 Å². The molecular weight excluding hydrogens is 282 g/mol. The fraction of sp³-hybridized carbons (Fsp3) is 0.357. The molecule has 0 fully saturated rings. The molecule has 0 unspecified atom stereocenters. The normalized spacial score (nSPS) is 12.9. The lowest BCUT2D eigenvalue weighted by Gasteiger charge is -2.21. The van der Waals surface area contributed by atoms with Gasteiger partial charge in [0.2, 0.25) is 0 Å². The van der Waals surface area contributed by atoms with Crippen LogP contribution in [-0.4, -0.2) is 25.0 Å². The van der Waals surface area contributed by atoms with E-state index in [-0.39, 0.29) is 6.42 Å². The van der Waals surface area contributed by atoms with Gasteiger partial charge in [-0.25, -0.2) is 13.6 Å². The predicted octanol–water partition coefficient (Wildman–Crippen LogP) is 1.79. The van der Waals surface area contributed by atoms with Crippen molar-refractivity contribution >= 4 is 11.9 Å². The van der Waals surface area contributed by atoms with E-state index in [1.807, 2.05) is 6.07 Å². The Hall–Kier alpha value is -2.49. The predicted molar refractivity (Wildman–Crippen MR) is 69.0 cm³/mol. The molecule has 0 aromatic heterocycles. The topological polar surface area (TPSA) is 79.2 Å². The maximum absolute atomic E-state index is 13.5. The molecule has 0 saturated heterocycles. The number of rotatable bonds is 5. The number of amides is 1. The molecule has 0 aliphatic rings. The molecule has 0 aliphatic carbocycles. The van der Waals surface area contributed by atoms with Crippen molar-refractivity contribution in [1.82, 2.24) is 5.32 Å². The van der Waals surface area contributed by atoms with Crippen LogP contribution < -0.4 is 5.32 Å². The van der Waals surface area contributed by atoms with Crippen molar-refractivity contribution < 1.29 is 23.1 Å². The highest BCUT2D eigenvalue weighted by Crippen LogP contribution is 2.14. The van der Waals surface area contributed by atoms with Crippen LogP contribution in [0, 0.1) is 28.9 Å². The summed E-state index contributed by atoms with van der Waals surface area (Å²) in [6, 6.07) is 3.90. The Labute approximate surface area is 120 Å². The minimum Gasteiger partial charge on any atom is -0.467 e. The van der Waals surface area contributed by atoms with Crippen molar-refractivity contribution in [3.8, 4) is 6.07 Å². The summed E-state index contributed by atoms with van der Waals surface area (Å²) in [6.45, 7) is 1.56. The van der Waals surface area contributed by atoms with Crippen LogP contribution in [0.15, 0.2) is 18.2 Å². The molecule has 1 aromatic rings. The first-order chi connectivity index (χ1) is 9.92. The van der Waals surface area contributed by atoms with Crippen molar-refractivity contribution in [3.05, 3.63) is 35.4 Å². The second kappa shape index (κ2) is 7.33. The number of carbonyl (C=O) groups is 2. The second-order valence-corrected chi connectivity index (χ2v) is 4.42. The summed E-state index contributed by atoms with van der Waals surface area (Å²) < 4.78 is 31.2. The summed E-state index contributed by atoms with van der Waals surface area (Å²) in [5.74, 6) is -4.72. The van der Waals surface area contributed by atoms with Gasteiger partial charge in [0.1, 0.15) is 6.04 Å². The first kappa shape index (κ1) is 16.6. The second-order valence-electron chi connectivity index (χ2n) is 4.42. The van der Waals surface area contributed by atoms with Crippen molar-refractivity contribution in [3.63, 3.8) is 0 Å². The van der Waals surface area contributed by atoms with E-state index in [2.05, 4.69) is 10.1 Å². The zero-order chi connectivity index (χ0) is 16.0. The van der Waals surface area contributed by atoms with E-state index >= 15 is 0 Å². The quantitative estimate of drug-likeness (QED) is 0.840. The van der Waals surface area contributed by atoms with Crippen LogP contribution in [-0.2, 0) is 9.53 Å². The fourth-order valence-corrected chi connectivity index (χ4v) is 1.72. The van der Waals surface area contributed by atoms with Gasteiger partial charge < -0.3 is 10.1 Å². The van der Waals surface area contributed by atoms with Gasteiger partial charge in [-0.05, 0) is 12.1 Å². The van der Waals surface area contributed by atoms with Crippen LogP contribution in [0.1, 0.15) is 23.7 Å². The van der Waals surface area contributed by atoms with E-state index in [1.54, 1.807) is 6.92 Å². The Balaban J connectivity index is 2.98. The number of methoxy groups -OCH3 is 1. The molecular formula is C14H14F2N2O3. The van der Waals surface area contributed by atoms with E-state index < -0.39 is 41.0 Å². The highest BCUT2D eigenvalue weighted by atomic mass is 19.2. The van der Waals surface area contributed by atoms with Gasteiger partial charge in [-0.1, -0.05) is 13.0 Å². The van der Waals surface area contributed by atoms with Crippen LogP contribution in [0.25, 0.3) is 0 Å². The molecule has 7 heteroatoms. The minimum absolute atomic E-state index is 0.00825.